The van der Waals surface area contributed by atoms with E-state index >= 15 is 0 Å². The Bertz CT molecular complexity index is 596. The minimum Gasteiger partial charge on any atom is -0.399 e. The Balaban J connectivity index is 2.21. The summed E-state index contributed by atoms with van der Waals surface area (Å²) >= 11 is 0. The molecule has 0 bridgehead atoms. The Morgan fingerprint density at radius 1 is 1.22 bits per heavy atom. The summed E-state index contributed by atoms with van der Waals surface area (Å²) in [4.78, 5) is 11.9. The van der Waals surface area contributed by atoms with Crippen LogP contribution in [0.2, 0.25) is 0 Å². The molecule has 0 aliphatic carbocycles. The summed E-state index contributed by atoms with van der Waals surface area (Å²) in [6.07, 6.45) is 0. The van der Waals surface area contributed by atoms with E-state index in [2.05, 4.69) is 5.32 Å². The van der Waals surface area contributed by atoms with Gasteiger partial charge in [-0.05, 0) is 48.9 Å². The number of anilines is 2. The molecule has 2 aromatic carbocycles. The number of hydrogen-bond acceptors (Lipinski definition) is 2. The first-order valence-corrected chi connectivity index (χ1v) is 5.49. The van der Waals surface area contributed by atoms with Gasteiger partial charge in [-0.25, -0.2) is 4.39 Å². The second kappa shape index (κ2) is 4.87. The van der Waals surface area contributed by atoms with Crippen molar-refractivity contribution in [1.29, 1.82) is 0 Å². The van der Waals surface area contributed by atoms with Gasteiger partial charge >= 0.3 is 0 Å². The van der Waals surface area contributed by atoms with Crippen molar-refractivity contribution in [3.05, 3.63) is 59.4 Å². The lowest BCUT2D eigenvalue weighted by atomic mass is 10.1. The monoisotopic (exact) mass is 244 g/mol. The summed E-state index contributed by atoms with van der Waals surface area (Å²) < 4.78 is 12.9. The van der Waals surface area contributed by atoms with Crippen LogP contribution in [-0.4, -0.2) is 5.91 Å². The Hall–Kier alpha value is -2.36. The fourth-order valence-corrected chi connectivity index (χ4v) is 1.64. The smallest absolute Gasteiger partial charge is 0.255 e. The first-order chi connectivity index (χ1) is 8.56. The number of hydrogen-bond donors (Lipinski definition) is 2. The minimum absolute atomic E-state index is 0.267. The van der Waals surface area contributed by atoms with Gasteiger partial charge in [-0.3, -0.25) is 4.79 Å². The van der Waals surface area contributed by atoms with Crippen molar-refractivity contribution in [3.63, 3.8) is 0 Å². The number of carbonyl (C=O) groups excluding carboxylic acids is 1. The van der Waals surface area contributed by atoms with Crippen LogP contribution in [0, 0.1) is 12.7 Å². The molecule has 0 unspecified atom stereocenters. The predicted octanol–water partition coefficient (Wildman–Crippen LogP) is 2.97. The van der Waals surface area contributed by atoms with Gasteiger partial charge in [0, 0.05) is 16.9 Å². The van der Waals surface area contributed by atoms with E-state index in [1.54, 1.807) is 31.2 Å². The van der Waals surface area contributed by atoms with Crippen LogP contribution in [0.5, 0.6) is 0 Å². The topological polar surface area (TPSA) is 55.1 Å². The van der Waals surface area contributed by atoms with Crippen LogP contribution >= 0.6 is 0 Å². The van der Waals surface area contributed by atoms with Crippen molar-refractivity contribution in [2.45, 2.75) is 6.92 Å². The second-order valence-corrected chi connectivity index (χ2v) is 4.04. The van der Waals surface area contributed by atoms with E-state index < -0.39 is 0 Å². The molecule has 1 amide bonds. The molecule has 0 aromatic heterocycles. The van der Waals surface area contributed by atoms with Crippen LogP contribution in [0.3, 0.4) is 0 Å². The van der Waals surface area contributed by atoms with Gasteiger partial charge in [-0.2, -0.15) is 0 Å². The number of carbonyl (C=O) groups is 1. The number of nitrogen functional groups attached to an aromatic ring is 1. The van der Waals surface area contributed by atoms with Crippen molar-refractivity contribution in [1.82, 2.24) is 0 Å². The highest BCUT2D eigenvalue weighted by atomic mass is 19.1. The highest BCUT2D eigenvalue weighted by molar-refractivity contribution is 6.05. The number of rotatable bonds is 2. The van der Waals surface area contributed by atoms with Crippen LogP contribution in [0.15, 0.2) is 42.5 Å². The Labute approximate surface area is 104 Å². The van der Waals surface area contributed by atoms with Gasteiger partial charge in [0.05, 0.1) is 0 Å². The zero-order valence-electron chi connectivity index (χ0n) is 9.91. The summed E-state index contributed by atoms with van der Waals surface area (Å²) in [7, 11) is 0. The van der Waals surface area contributed by atoms with E-state index in [1.165, 1.54) is 18.2 Å². The maximum atomic E-state index is 12.9. The number of amides is 1. The minimum atomic E-state index is -0.325. The molecule has 0 aliphatic rings. The Morgan fingerprint density at radius 3 is 2.67 bits per heavy atom. The molecule has 92 valence electrons. The van der Waals surface area contributed by atoms with E-state index in [0.717, 1.165) is 0 Å². The van der Waals surface area contributed by atoms with Crippen LogP contribution in [0.1, 0.15) is 15.9 Å². The van der Waals surface area contributed by atoms with E-state index in [0.29, 0.717) is 22.5 Å². The third kappa shape index (κ3) is 2.66. The lowest BCUT2D eigenvalue weighted by molar-refractivity contribution is 0.102. The molecule has 4 heteroatoms. The van der Waals surface area contributed by atoms with Crippen molar-refractivity contribution < 1.29 is 9.18 Å². The van der Waals surface area contributed by atoms with Crippen LogP contribution in [0.25, 0.3) is 0 Å². The molecule has 0 aliphatic heterocycles. The number of aryl methyl sites for hydroxylation is 1. The van der Waals surface area contributed by atoms with E-state index in [4.69, 9.17) is 5.73 Å². The SMILES string of the molecule is Cc1cc(F)ccc1NC(=O)c1cccc(N)c1. The molecule has 0 saturated carbocycles. The molecule has 0 atom stereocenters. The lowest BCUT2D eigenvalue weighted by Gasteiger charge is -2.08. The zero-order chi connectivity index (χ0) is 13.1. The molecule has 0 saturated heterocycles. The molecule has 0 fully saturated rings. The maximum absolute atomic E-state index is 12.9. The first-order valence-electron chi connectivity index (χ1n) is 5.49. The normalized spacial score (nSPS) is 10.1. The molecule has 2 aromatic rings. The average Bonchev–Trinajstić information content (AvgIpc) is 2.32. The molecule has 2 rings (SSSR count). The standard InChI is InChI=1S/C14H13FN2O/c1-9-7-11(15)5-6-13(9)17-14(18)10-3-2-4-12(16)8-10/h2-8H,16H2,1H3,(H,17,18). The van der Waals surface area contributed by atoms with Crippen molar-refractivity contribution in [2.24, 2.45) is 0 Å². The molecule has 0 radical (unpaired) electrons. The van der Waals surface area contributed by atoms with Crippen LogP contribution in [0.4, 0.5) is 15.8 Å². The summed E-state index contributed by atoms with van der Waals surface area (Å²) in [6, 6.07) is 10.9. The van der Waals surface area contributed by atoms with Crippen LogP contribution in [-0.2, 0) is 0 Å². The highest BCUT2D eigenvalue weighted by Gasteiger charge is 2.08. The molecular formula is C14H13FN2O. The van der Waals surface area contributed by atoms with Gasteiger partial charge in [0.15, 0.2) is 0 Å². The third-order valence-corrected chi connectivity index (χ3v) is 2.59. The van der Waals surface area contributed by atoms with Crippen molar-refractivity contribution in [2.75, 3.05) is 11.1 Å². The molecule has 0 heterocycles. The van der Waals surface area contributed by atoms with Gasteiger partial charge in [0.25, 0.3) is 5.91 Å². The summed E-state index contributed by atoms with van der Waals surface area (Å²) in [6.45, 7) is 1.73. The van der Waals surface area contributed by atoms with E-state index in [9.17, 15) is 9.18 Å². The van der Waals surface area contributed by atoms with Crippen molar-refractivity contribution >= 4 is 17.3 Å². The molecule has 3 N–H and O–H groups in total. The van der Waals surface area contributed by atoms with Gasteiger partial charge in [0.1, 0.15) is 5.82 Å². The largest absolute Gasteiger partial charge is 0.399 e. The fraction of sp³-hybridized carbons (Fsp3) is 0.0714. The van der Waals surface area contributed by atoms with Crippen molar-refractivity contribution in [3.8, 4) is 0 Å². The van der Waals surface area contributed by atoms with E-state index in [1.807, 2.05) is 0 Å². The molecule has 3 nitrogen and oxygen atoms in total. The van der Waals surface area contributed by atoms with E-state index in [-0.39, 0.29) is 11.7 Å². The molecular weight excluding hydrogens is 231 g/mol. The molecule has 0 spiro atoms. The van der Waals surface area contributed by atoms with Gasteiger partial charge in [-0.1, -0.05) is 6.07 Å². The lowest BCUT2D eigenvalue weighted by Crippen LogP contribution is -2.13. The summed E-state index contributed by atoms with van der Waals surface area (Å²) in [5.74, 6) is -0.591. The van der Waals surface area contributed by atoms with Gasteiger partial charge in [-0.15, -0.1) is 0 Å². The number of nitrogens with one attached hydrogen (secondary N) is 1. The van der Waals surface area contributed by atoms with Gasteiger partial charge < -0.3 is 11.1 Å². The first kappa shape index (κ1) is 12.1. The summed E-state index contributed by atoms with van der Waals surface area (Å²) in [5.41, 5.74) is 7.87. The van der Waals surface area contributed by atoms with Gasteiger partial charge in [0.2, 0.25) is 0 Å². The second-order valence-electron chi connectivity index (χ2n) is 4.04. The zero-order valence-corrected chi connectivity index (χ0v) is 9.91. The fourth-order valence-electron chi connectivity index (χ4n) is 1.64. The third-order valence-electron chi connectivity index (χ3n) is 2.59. The number of nitrogens with two attached hydrogens (primary N) is 1. The maximum Gasteiger partial charge on any atom is 0.255 e. The number of halogens is 1. The average molecular weight is 244 g/mol. The Kier molecular flexibility index (Phi) is 3.28. The highest BCUT2D eigenvalue weighted by Crippen LogP contribution is 2.17. The quantitative estimate of drug-likeness (QED) is 0.798. The predicted molar refractivity (Wildman–Crippen MR) is 69.9 cm³/mol. The summed E-state index contributed by atoms with van der Waals surface area (Å²) in [5, 5.41) is 2.72. The van der Waals surface area contributed by atoms with Crippen LogP contribution < -0.4 is 11.1 Å². The number of benzene rings is 2. The Morgan fingerprint density at radius 2 is 2.00 bits per heavy atom. The molecule has 18 heavy (non-hydrogen) atoms.